The molecule has 0 aliphatic carbocycles. The number of carbonyl (C=O) groups is 1. The number of nitrogens with one attached hydrogen (secondary N) is 1. The second-order valence-electron chi connectivity index (χ2n) is 5.88. The average Bonchev–Trinajstić information content (AvgIpc) is 2.67. The molecule has 144 valence electrons. The van der Waals surface area contributed by atoms with E-state index in [-0.39, 0.29) is 17.7 Å². The van der Waals surface area contributed by atoms with Crippen molar-refractivity contribution in [3.8, 4) is 17.5 Å². The lowest BCUT2D eigenvalue weighted by atomic mass is 10.2. The number of rotatable bonds is 5. The first-order valence-corrected chi connectivity index (χ1v) is 9.11. The fourth-order valence-electron chi connectivity index (χ4n) is 2.52. The second kappa shape index (κ2) is 8.35. The molecule has 1 aromatic heterocycles. The fourth-order valence-corrected chi connectivity index (χ4v) is 2.95. The highest BCUT2D eigenvalue weighted by molar-refractivity contribution is 9.10. The van der Waals surface area contributed by atoms with E-state index < -0.39 is 5.82 Å². The number of hydrogen-bond acceptors (Lipinski definition) is 5. The molecule has 0 saturated heterocycles. The van der Waals surface area contributed by atoms with Crippen LogP contribution in [0.4, 0.5) is 10.1 Å². The molecule has 3 aromatic rings. The third kappa shape index (κ3) is 4.28. The van der Waals surface area contributed by atoms with Crippen molar-refractivity contribution in [1.29, 1.82) is 0 Å². The number of nitrogens with zero attached hydrogens (tertiary/aromatic N) is 2. The summed E-state index contributed by atoms with van der Waals surface area (Å²) in [6, 6.07) is 11.1. The molecule has 1 N–H and O–H groups in total. The van der Waals surface area contributed by atoms with Crippen LogP contribution in [0.25, 0.3) is 0 Å². The van der Waals surface area contributed by atoms with Crippen molar-refractivity contribution < 1.29 is 18.7 Å². The first kappa shape index (κ1) is 19.8. The van der Waals surface area contributed by atoms with Crippen LogP contribution in [0.2, 0.25) is 0 Å². The molecule has 0 bridgehead atoms. The lowest BCUT2D eigenvalue weighted by molar-refractivity contribution is 0.102. The molecule has 6 nitrogen and oxygen atoms in total. The van der Waals surface area contributed by atoms with Gasteiger partial charge in [-0.05, 0) is 60.1 Å². The van der Waals surface area contributed by atoms with E-state index in [0.29, 0.717) is 32.9 Å². The van der Waals surface area contributed by atoms with Crippen molar-refractivity contribution >= 4 is 27.5 Å². The smallest absolute Gasteiger partial charge is 0.322 e. The molecule has 0 aliphatic heterocycles. The third-order valence-corrected chi connectivity index (χ3v) is 4.64. The number of halogens is 2. The summed E-state index contributed by atoms with van der Waals surface area (Å²) in [5, 5.41) is 2.81. The van der Waals surface area contributed by atoms with Crippen molar-refractivity contribution in [3.63, 3.8) is 0 Å². The van der Waals surface area contributed by atoms with Gasteiger partial charge in [-0.2, -0.15) is 9.97 Å². The number of ether oxygens (including phenoxy) is 2. The Kier molecular flexibility index (Phi) is 5.89. The van der Waals surface area contributed by atoms with Gasteiger partial charge in [0.05, 0.1) is 29.7 Å². The van der Waals surface area contributed by atoms with Gasteiger partial charge in [-0.25, -0.2) is 4.39 Å². The quantitative estimate of drug-likeness (QED) is 0.594. The molecule has 3 rings (SSSR count). The predicted molar refractivity (Wildman–Crippen MR) is 107 cm³/mol. The Labute approximate surface area is 169 Å². The molecule has 0 spiro atoms. The van der Waals surface area contributed by atoms with Gasteiger partial charge in [-0.3, -0.25) is 4.79 Å². The van der Waals surface area contributed by atoms with Crippen molar-refractivity contribution in [2.45, 2.75) is 13.8 Å². The van der Waals surface area contributed by atoms with Crippen molar-refractivity contribution in [1.82, 2.24) is 9.97 Å². The molecule has 0 radical (unpaired) electrons. The van der Waals surface area contributed by atoms with E-state index >= 15 is 0 Å². The summed E-state index contributed by atoms with van der Waals surface area (Å²) in [5.41, 5.74) is 1.85. The lowest BCUT2D eigenvalue weighted by Crippen LogP contribution is -2.16. The molecule has 1 heterocycles. The molecule has 0 fully saturated rings. The van der Waals surface area contributed by atoms with Gasteiger partial charge in [0.15, 0.2) is 11.6 Å². The van der Waals surface area contributed by atoms with Crippen LogP contribution >= 0.6 is 15.9 Å². The zero-order chi connectivity index (χ0) is 20.3. The number of methoxy groups -OCH3 is 1. The van der Waals surface area contributed by atoms with E-state index in [9.17, 15) is 9.18 Å². The molecule has 0 atom stereocenters. The van der Waals surface area contributed by atoms with Crippen LogP contribution < -0.4 is 14.8 Å². The Bertz CT molecular complexity index is 1020. The van der Waals surface area contributed by atoms with Crippen LogP contribution in [0.5, 0.6) is 17.5 Å². The second-order valence-corrected chi connectivity index (χ2v) is 6.74. The number of aryl methyl sites for hydroxylation is 2. The minimum absolute atomic E-state index is 0.000611. The van der Waals surface area contributed by atoms with Gasteiger partial charge in [-0.1, -0.05) is 12.1 Å². The highest BCUT2D eigenvalue weighted by Crippen LogP contribution is 2.27. The van der Waals surface area contributed by atoms with Gasteiger partial charge in [0.25, 0.3) is 5.91 Å². The van der Waals surface area contributed by atoms with Gasteiger partial charge in [0, 0.05) is 4.47 Å². The van der Waals surface area contributed by atoms with Crippen LogP contribution in [0, 0.1) is 19.7 Å². The Morgan fingerprint density at radius 2 is 1.79 bits per heavy atom. The number of para-hydroxylation sites is 1. The topological polar surface area (TPSA) is 73.3 Å². The fraction of sp³-hybridized carbons (Fsp3) is 0.150. The number of benzene rings is 2. The molecule has 0 aliphatic rings. The van der Waals surface area contributed by atoms with Gasteiger partial charge in [-0.15, -0.1) is 0 Å². The Hall–Kier alpha value is -3.00. The van der Waals surface area contributed by atoms with Crippen LogP contribution in [-0.4, -0.2) is 23.0 Å². The number of hydrogen-bond donors (Lipinski definition) is 1. The first-order chi connectivity index (χ1) is 13.4. The maximum Gasteiger partial charge on any atom is 0.322 e. The number of aromatic nitrogens is 2. The summed E-state index contributed by atoms with van der Waals surface area (Å²) in [6.45, 7) is 3.41. The van der Waals surface area contributed by atoms with Crippen LogP contribution in [0.15, 0.2) is 46.9 Å². The highest BCUT2D eigenvalue weighted by atomic mass is 79.9. The standard InChI is InChI=1S/C20H17BrFN3O3/c1-11-18(25-19(26)14-10-13(27-3)8-9-15(14)21)12(2)24-20(23-11)28-17-7-5-4-6-16(17)22/h4-10H,1-3H3,(H,25,26). The van der Waals surface area contributed by atoms with E-state index in [1.807, 2.05) is 0 Å². The van der Waals surface area contributed by atoms with E-state index in [1.54, 1.807) is 44.2 Å². The molecule has 8 heteroatoms. The Morgan fingerprint density at radius 1 is 1.11 bits per heavy atom. The molecular weight excluding hydrogens is 429 g/mol. The van der Waals surface area contributed by atoms with E-state index in [0.717, 1.165) is 0 Å². The van der Waals surface area contributed by atoms with E-state index in [4.69, 9.17) is 9.47 Å². The summed E-state index contributed by atoms with van der Waals surface area (Å²) in [5.74, 6) is -0.268. The number of anilines is 1. The molecule has 2 aromatic carbocycles. The molecular formula is C20H17BrFN3O3. The summed E-state index contributed by atoms with van der Waals surface area (Å²) >= 11 is 3.36. The van der Waals surface area contributed by atoms with Crippen molar-refractivity contribution in [2.75, 3.05) is 12.4 Å². The summed E-state index contributed by atoms with van der Waals surface area (Å²) < 4.78 is 25.0. The lowest BCUT2D eigenvalue weighted by Gasteiger charge is -2.13. The minimum atomic E-state index is -0.512. The zero-order valence-electron chi connectivity index (χ0n) is 15.4. The van der Waals surface area contributed by atoms with E-state index in [1.165, 1.54) is 19.2 Å². The average molecular weight is 446 g/mol. The highest BCUT2D eigenvalue weighted by Gasteiger charge is 2.17. The van der Waals surface area contributed by atoms with Gasteiger partial charge < -0.3 is 14.8 Å². The summed E-state index contributed by atoms with van der Waals surface area (Å²) in [7, 11) is 1.53. The normalized spacial score (nSPS) is 10.5. The monoisotopic (exact) mass is 445 g/mol. The maximum absolute atomic E-state index is 13.8. The summed E-state index contributed by atoms with van der Waals surface area (Å²) in [4.78, 5) is 21.1. The Morgan fingerprint density at radius 3 is 2.43 bits per heavy atom. The number of amides is 1. The van der Waals surface area contributed by atoms with Gasteiger partial charge >= 0.3 is 6.01 Å². The van der Waals surface area contributed by atoms with Crippen molar-refractivity contribution in [3.05, 3.63) is 69.7 Å². The van der Waals surface area contributed by atoms with Crippen LogP contribution in [-0.2, 0) is 0 Å². The number of carbonyl (C=O) groups excluding carboxylic acids is 1. The minimum Gasteiger partial charge on any atom is -0.497 e. The molecule has 28 heavy (non-hydrogen) atoms. The van der Waals surface area contributed by atoms with Crippen LogP contribution in [0.1, 0.15) is 21.7 Å². The zero-order valence-corrected chi connectivity index (χ0v) is 17.0. The SMILES string of the molecule is COc1ccc(Br)c(C(=O)Nc2c(C)nc(Oc3ccccc3F)nc2C)c1. The summed E-state index contributed by atoms with van der Waals surface area (Å²) in [6.07, 6.45) is 0. The molecule has 0 unspecified atom stereocenters. The molecule has 1 amide bonds. The maximum atomic E-state index is 13.8. The van der Waals surface area contributed by atoms with Gasteiger partial charge in [0.1, 0.15) is 5.75 Å². The molecule has 0 saturated carbocycles. The Balaban J connectivity index is 1.85. The van der Waals surface area contributed by atoms with Gasteiger partial charge in [0.2, 0.25) is 0 Å². The van der Waals surface area contributed by atoms with Crippen LogP contribution in [0.3, 0.4) is 0 Å². The predicted octanol–water partition coefficient (Wildman–Crippen LogP) is 5.05. The largest absolute Gasteiger partial charge is 0.497 e. The van der Waals surface area contributed by atoms with E-state index in [2.05, 4.69) is 31.2 Å². The first-order valence-electron chi connectivity index (χ1n) is 8.31. The third-order valence-electron chi connectivity index (χ3n) is 3.94. The van der Waals surface area contributed by atoms with Crippen molar-refractivity contribution in [2.24, 2.45) is 0 Å².